The van der Waals surface area contributed by atoms with Gasteiger partial charge in [-0.1, -0.05) is 38.1 Å². The third-order valence-corrected chi connectivity index (χ3v) is 4.10. The molecule has 0 radical (unpaired) electrons. The molecule has 0 bridgehead atoms. The van der Waals surface area contributed by atoms with E-state index in [-0.39, 0.29) is 24.2 Å². The highest BCUT2D eigenvalue weighted by molar-refractivity contribution is 6.05. The second-order valence-electron chi connectivity index (χ2n) is 6.50. The van der Waals surface area contributed by atoms with Crippen LogP contribution in [-0.4, -0.2) is 10.9 Å². The van der Waals surface area contributed by atoms with Gasteiger partial charge in [0.1, 0.15) is 24.0 Å². The van der Waals surface area contributed by atoms with E-state index in [0.717, 1.165) is 5.56 Å². The largest absolute Gasteiger partial charge is 0.488 e. The van der Waals surface area contributed by atoms with Gasteiger partial charge in [0.05, 0.1) is 5.56 Å². The molecule has 0 aliphatic rings. The van der Waals surface area contributed by atoms with Crippen LogP contribution >= 0.6 is 0 Å². The molecular weight excluding hydrogens is 343 g/mol. The van der Waals surface area contributed by atoms with E-state index in [1.165, 1.54) is 12.1 Å². The van der Waals surface area contributed by atoms with Crippen molar-refractivity contribution < 1.29 is 13.9 Å². The van der Waals surface area contributed by atoms with Crippen molar-refractivity contribution in [2.45, 2.75) is 26.4 Å². The zero-order chi connectivity index (χ0) is 19.2. The van der Waals surface area contributed by atoms with Gasteiger partial charge in [0.25, 0.3) is 5.91 Å². The number of benzene rings is 2. The Balaban J connectivity index is 1.85. The van der Waals surface area contributed by atoms with Crippen molar-refractivity contribution in [2.24, 2.45) is 0 Å². The summed E-state index contributed by atoms with van der Waals surface area (Å²) in [6.07, 6.45) is 1.61. The molecule has 0 saturated heterocycles. The second-order valence-corrected chi connectivity index (χ2v) is 6.50. The first-order valence-corrected chi connectivity index (χ1v) is 8.76. The lowest BCUT2D eigenvalue weighted by molar-refractivity contribution is 0.102. The standard InChI is InChI=1S/C22H21FN2O2/c1-15(2)17-9-10-20(27-14-16-6-5-7-18(23)12-16)19(13-17)22(26)25-21-8-3-4-11-24-21/h3-13,15H,14H2,1-2H3,(H,24,25,26). The van der Waals surface area contributed by atoms with Crippen molar-refractivity contribution in [3.05, 3.63) is 89.4 Å². The fourth-order valence-corrected chi connectivity index (χ4v) is 2.62. The molecular formula is C22H21FN2O2. The monoisotopic (exact) mass is 364 g/mol. The molecule has 3 rings (SSSR count). The third kappa shape index (κ3) is 4.91. The van der Waals surface area contributed by atoms with Crippen LogP contribution in [0.25, 0.3) is 0 Å². The van der Waals surface area contributed by atoms with Crippen molar-refractivity contribution in [2.75, 3.05) is 5.32 Å². The van der Waals surface area contributed by atoms with Gasteiger partial charge in [0, 0.05) is 6.20 Å². The van der Waals surface area contributed by atoms with E-state index in [9.17, 15) is 9.18 Å². The number of ether oxygens (including phenoxy) is 1. The first-order valence-electron chi connectivity index (χ1n) is 8.76. The number of rotatable bonds is 6. The fourth-order valence-electron chi connectivity index (χ4n) is 2.62. The van der Waals surface area contributed by atoms with Gasteiger partial charge in [-0.05, 0) is 53.4 Å². The molecule has 0 aliphatic heterocycles. The van der Waals surface area contributed by atoms with Crippen molar-refractivity contribution >= 4 is 11.7 Å². The predicted molar refractivity (Wildman–Crippen MR) is 103 cm³/mol. The van der Waals surface area contributed by atoms with Gasteiger partial charge < -0.3 is 10.1 Å². The molecule has 0 aliphatic carbocycles. The van der Waals surface area contributed by atoms with Gasteiger partial charge in [-0.2, -0.15) is 0 Å². The van der Waals surface area contributed by atoms with E-state index in [4.69, 9.17) is 4.74 Å². The molecule has 1 aromatic heterocycles. The van der Waals surface area contributed by atoms with Gasteiger partial charge in [0.15, 0.2) is 0 Å². The maximum atomic E-state index is 13.4. The molecule has 0 saturated carbocycles. The number of hydrogen-bond acceptors (Lipinski definition) is 3. The van der Waals surface area contributed by atoms with Crippen LogP contribution in [0.2, 0.25) is 0 Å². The molecule has 0 fully saturated rings. The lowest BCUT2D eigenvalue weighted by atomic mass is 10.00. The Morgan fingerprint density at radius 2 is 1.96 bits per heavy atom. The third-order valence-electron chi connectivity index (χ3n) is 4.10. The smallest absolute Gasteiger partial charge is 0.260 e. The number of carbonyl (C=O) groups excluding carboxylic acids is 1. The molecule has 0 spiro atoms. The summed E-state index contributed by atoms with van der Waals surface area (Å²) in [4.78, 5) is 16.9. The molecule has 1 amide bonds. The lowest BCUT2D eigenvalue weighted by Crippen LogP contribution is -2.15. The van der Waals surface area contributed by atoms with Crippen LogP contribution in [-0.2, 0) is 6.61 Å². The van der Waals surface area contributed by atoms with E-state index in [2.05, 4.69) is 24.1 Å². The molecule has 1 N–H and O–H groups in total. The van der Waals surface area contributed by atoms with Crippen LogP contribution in [0.1, 0.15) is 41.3 Å². The minimum Gasteiger partial charge on any atom is -0.488 e. The Kier molecular flexibility index (Phi) is 5.81. The van der Waals surface area contributed by atoms with E-state index in [1.807, 2.05) is 12.1 Å². The zero-order valence-electron chi connectivity index (χ0n) is 15.3. The first kappa shape index (κ1) is 18.6. The first-order chi connectivity index (χ1) is 13.0. The van der Waals surface area contributed by atoms with Crippen molar-refractivity contribution in [1.29, 1.82) is 0 Å². The molecule has 0 unspecified atom stereocenters. The fraction of sp³-hybridized carbons (Fsp3) is 0.182. The van der Waals surface area contributed by atoms with Crippen molar-refractivity contribution in [1.82, 2.24) is 4.98 Å². The van der Waals surface area contributed by atoms with Crippen LogP contribution in [0.4, 0.5) is 10.2 Å². The number of amides is 1. The summed E-state index contributed by atoms with van der Waals surface area (Å²) in [6.45, 7) is 4.29. The highest BCUT2D eigenvalue weighted by atomic mass is 19.1. The van der Waals surface area contributed by atoms with Gasteiger partial charge in [0.2, 0.25) is 0 Å². The van der Waals surface area contributed by atoms with E-state index in [0.29, 0.717) is 22.7 Å². The highest BCUT2D eigenvalue weighted by Gasteiger charge is 2.16. The van der Waals surface area contributed by atoms with Gasteiger partial charge in [-0.3, -0.25) is 4.79 Å². The summed E-state index contributed by atoms with van der Waals surface area (Å²) in [7, 11) is 0. The average molecular weight is 364 g/mol. The van der Waals surface area contributed by atoms with E-state index in [1.54, 1.807) is 42.6 Å². The maximum Gasteiger partial charge on any atom is 0.260 e. The molecule has 1 heterocycles. The van der Waals surface area contributed by atoms with Crippen LogP contribution < -0.4 is 10.1 Å². The van der Waals surface area contributed by atoms with Gasteiger partial charge >= 0.3 is 0 Å². The minimum absolute atomic E-state index is 0.169. The van der Waals surface area contributed by atoms with Crippen LogP contribution in [0, 0.1) is 5.82 Å². The number of nitrogens with one attached hydrogen (secondary N) is 1. The number of halogens is 1. The summed E-state index contributed by atoms with van der Waals surface area (Å²) >= 11 is 0. The molecule has 3 aromatic rings. The summed E-state index contributed by atoms with van der Waals surface area (Å²) in [5.41, 5.74) is 2.14. The molecule has 138 valence electrons. The normalized spacial score (nSPS) is 10.7. The summed E-state index contributed by atoms with van der Waals surface area (Å²) in [5.74, 6) is 0.555. The van der Waals surface area contributed by atoms with Crippen LogP contribution in [0.15, 0.2) is 66.9 Å². The quantitative estimate of drug-likeness (QED) is 0.656. The van der Waals surface area contributed by atoms with E-state index < -0.39 is 0 Å². The predicted octanol–water partition coefficient (Wildman–Crippen LogP) is 5.18. The SMILES string of the molecule is CC(C)c1ccc(OCc2cccc(F)c2)c(C(=O)Nc2ccccn2)c1. The Morgan fingerprint density at radius 1 is 1.11 bits per heavy atom. The minimum atomic E-state index is -0.320. The molecule has 2 aromatic carbocycles. The zero-order valence-corrected chi connectivity index (χ0v) is 15.3. The Labute approximate surface area is 158 Å². The number of pyridine rings is 1. The van der Waals surface area contributed by atoms with Crippen LogP contribution in [0.3, 0.4) is 0 Å². The van der Waals surface area contributed by atoms with Gasteiger partial charge in [-0.25, -0.2) is 9.37 Å². The van der Waals surface area contributed by atoms with Crippen LogP contribution in [0.5, 0.6) is 5.75 Å². The molecule has 27 heavy (non-hydrogen) atoms. The Bertz CT molecular complexity index is 927. The number of nitrogens with zero attached hydrogens (tertiary/aromatic N) is 1. The Hall–Kier alpha value is -3.21. The number of anilines is 1. The second kappa shape index (κ2) is 8.45. The Morgan fingerprint density at radius 3 is 2.67 bits per heavy atom. The summed E-state index contributed by atoms with van der Waals surface area (Å²) in [5, 5.41) is 2.78. The lowest BCUT2D eigenvalue weighted by Gasteiger charge is -2.15. The molecule has 4 nitrogen and oxygen atoms in total. The van der Waals surface area contributed by atoms with Crippen molar-refractivity contribution in [3.63, 3.8) is 0 Å². The van der Waals surface area contributed by atoms with Gasteiger partial charge in [-0.15, -0.1) is 0 Å². The van der Waals surface area contributed by atoms with Crippen molar-refractivity contribution in [3.8, 4) is 5.75 Å². The number of aromatic nitrogens is 1. The molecule has 5 heteroatoms. The summed E-state index contributed by atoms with van der Waals surface area (Å²) < 4.78 is 19.2. The average Bonchev–Trinajstić information content (AvgIpc) is 2.67. The topological polar surface area (TPSA) is 51.2 Å². The molecule has 0 atom stereocenters. The summed E-state index contributed by atoms with van der Waals surface area (Å²) in [6, 6.07) is 17.0. The number of hydrogen-bond donors (Lipinski definition) is 1. The van der Waals surface area contributed by atoms with E-state index >= 15 is 0 Å². The highest BCUT2D eigenvalue weighted by Crippen LogP contribution is 2.26. The number of carbonyl (C=O) groups is 1. The maximum absolute atomic E-state index is 13.4.